The third-order valence-electron chi connectivity index (χ3n) is 3.52. The SMILES string of the molecule is O=C(Cc1ccc(S(=O)(=O)CC(F)(F)F)cc1)Nc1nc(-c2cccs2)cs1. The van der Waals surface area contributed by atoms with Gasteiger partial charge in [0.2, 0.25) is 5.91 Å². The van der Waals surface area contributed by atoms with E-state index in [4.69, 9.17) is 0 Å². The van der Waals surface area contributed by atoms with Crippen molar-refractivity contribution in [3.8, 4) is 10.6 Å². The van der Waals surface area contributed by atoms with Crippen LogP contribution in [-0.2, 0) is 21.1 Å². The van der Waals surface area contributed by atoms with Crippen LogP contribution in [-0.4, -0.2) is 31.2 Å². The van der Waals surface area contributed by atoms with E-state index in [-0.39, 0.29) is 12.3 Å². The van der Waals surface area contributed by atoms with E-state index in [9.17, 15) is 26.4 Å². The predicted octanol–water partition coefficient (Wildman–Crippen LogP) is 4.39. The molecule has 2 aromatic heterocycles. The number of thiophene rings is 1. The van der Waals surface area contributed by atoms with Gasteiger partial charge >= 0.3 is 6.18 Å². The van der Waals surface area contributed by atoms with E-state index < -0.39 is 26.7 Å². The molecule has 28 heavy (non-hydrogen) atoms. The molecular formula is C17H13F3N2O3S3. The first-order chi connectivity index (χ1) is 13.1. The summed E-state index contributed by atoms with van der Waals surface area (Å²) in [5.41, 5.74) is 1.23. The van der Waals surface area contributed by atoms with Gasteiger partial charge in [0.05, 0.1) is 21.9 Å². The molecule has 0 radical (unpaired) electrons. The molecule has 0 aliphatic carbocycles. The van der Waals surface area contributed by atoms with Crippen molar-refractivity contribution < 1.29 is 26.4 Å². The summed E-state index contributed by atoms with van der Waals surface area (Å²) in [6.07, 6.45) is -4.87. The summed E-state index contributed by atoms with van der Waals surface area (Å²) in [6, 6.07) is 8.60. The number of thiazole rings is 1. The lowest BCUT2D eigenvalue weighted by molar-refractivity contribution is -0.115. The van der Waals surface area contributed by atoms with Crippen LogP contribution >= 0.6 is 22.7 Å². The minimum absolute atomic E-state index is 0.0620. The molecule has 0 saturated carbocycles. The monoisotopic (exact) mass is 446 g/mol. The number of amides is 1. The Hall–Kier alpha value is -2.24. The minimum atomic E-state index is -4.81. The number of aromatic nitrogens is 1. The van der Waals surface area contributed by atoms with E-state index in [1.807, 2.05) is 22.9 Å². The highest BCUT2D eigenvalue weighted by Crippen LogP contribution is 2.28. The summed E-state index contributed by atoms with van der Waals surface area (Å²) < 4.78 is 60.5. The normalized spacial score (nSPS) is 12.1. The quantitative estimate of drug-likeness (QED) is 0.609. The average Bonchev–Trinajstić information content (AvgIpc) is 3.24. The zero-order chi connectivity index (χ0) is 20.4. The van der Waals surface area contributed by atoms with Crippen LogP contribution in [0.3, 0.4) is 0 Å². The summed E-state index contributed by atoms with van der Waals surface area (Å²) in [7, 11) is -4.46. The van der Waals surface area contributed by atoms with Gasteiger partial charge in [-0.2, -0.15) is 13.2 Å². The maximum atomic E-state index is 12.4. The molecule has 0 aliphatic heterocycles. The van der Waals surface area contributed by atoms with Crippen LogP contribution in [0.2, 0.25) is 0 Å². The second-order valence-electron chi connectivity index (χ2n) is 5.76. The van der Waals surface area contributed by atoms with E-state index in [2.05, 4.69) is 10.3 Å². The standard InChI is InChI=1S/C17H13F3N2O3S3/c18-17(19,20)10-28(24,25)12-5-3-11(4-6-12)8-15(23)22-16-21-13(9-27-16)14-2-1-7-26-14/h1-7,9H,8,10H2,(H,21,22,23). The van der Waals surface area contributed by atoms with Gasteiger partial charge in [-0.15, -0.1) is 22.7 Å². The van der Waals surface area contributed by atoms with Crippen LogP contribution in [0.15, 0.2) is 52.1 Å². The van der Waals surface area contributed by atoms with Crippen molar-refractivity contribution in [3.63, 3.8) is 0 Å². The van der Waals surface area contributed by atoms with Gasteiger partial charge in [-0.25, -0.2) is 13.4 Å². The first-order valence-electron chi connectivity index (χ1n) is 7.80. The molecule has 0 saturated heterocycles. The topological polar surface area (TPSA) is 76.1 Å². The van der Waals surface area contributed by atoms with Crippen molar-refractivity contribution in [2.75, 3.05) is 11.1 Å². The van der Waals surface area contributed by atoms with E-state index in [1.165, 1.54) is 34.8 Å². The Morgan fingerprint density at radius 3 is 2.43 bits per heavy atom. The maximum absolute atomic E-state index is 12.4. The van der Waals surface area contributed by atoms with Crippen molar-refractivity contribution in [1.82, 2.24) is 4.98 Å². The number of rotatable bonds is 6. The zero-order valence-electron chi connectivity index (χ0n) is 14.1. The Balaban J connectivity index is 1.62. The molecule has 3 aromatic rings. The Morgan fingerprint density at radius 1 is 1.11 bits per heavy atom. The largest absolute Gasteiger partial charge is 0.403 e. The van der Waals surface area contributed by atoms with Gasteiger partial charge in [0, 0.05) is 5.38 Å². The summed E-state index contributed by atoms with van der Waals surface area (Å²) in [4.78, 5) is 17.0. The number of benzene rings is 1. The molecule has 1 amide bonds. The number of alkyl halides is 3. The van der Waals surface area contributed by atoms with Crippen LogP contribution in [0.4, 0.5) is 18.3 Å². The number of hydrogen-bond donors (Lipinski definition) is 1. The predicted molar refractivity (Wildman–Crippen MR) is 102 cm³/mol. The van der Waals surface area contributed by atoms with E-state index >= 15 is 0 Å². The third kappa shape index (κ3) is 5.40. The molecule has 0 unspecified atom stereocenters. The number of hydrogen-bond acceptors (Lipinski definition) is 6. The number of sulfone groups is 1. The van der Waals surface area contributed by atoms with Crippen LogP contribution in [0.25, 0.3) is 10.6 Å². The Morgan fingerprint density at radius 2 is 1.82 bits per heavy atom. The number of nitrogens with zero attached hydrogens (tertiary/aromatic N) is 1. The van der Waals surface area contributed by atoms with Gasteiger partial charge in [0.1, 0.15) is 0 Å². The molecule has 0 atom stereocenters. The number of nitrogens with one attached hydrogen (secondary N) is 1. The molecule has 0 aliphatic rings. The van der Waals surface area contributed by atoms with Gasteiger partial charge in [0.25, 0.3) is 0 Å². The Labute approximate surface area is 166 Å². The fraction of sp³-hybridized carbons (Fsp3) is 0.176. The number of carbonyl (C=O) groups excluding carboxylic acids is 1. The molecule has 2 heterocycles. The Kier molecular flexibility index (Phi) is 5.87. The van der Waals surface area contributed by atoms with E-state index in [0.717, 1.165) is 22.7 Å². The second-order valence-corrected chi connectivity index (χ2v) is 9.55. The van der Waals surface area contributed by atoms with Gasteiger partial charge in [0.15, 0.2) is 20.7 Å². The van der Waals surface area contributed by atoms with Gasteiger partial charge < -0.3 is 5.32 Å². The summed E-state index contributed by atoms with van der Waals surface area (Å²) in [6.45, 7) is 0. The molecule has 0 bridgehead atoms. The second kappa shape index (κ2) is 8.02. The van der Waals surface area contributed by atoms with Crippen LogP contribution < -0.4 is 5.32 Å². The zero-order valence-corrected chi connectivity index (χ0v) is 16.5. The van der Waals surface area contributed by atoms with Crippen LogP contribution in [0.5, 0.6) is 0 Å². The highest BCUT2D eigenvalue weighted by atomic mass is 32.2. The fourth-order valence-corrected chi connectivity index (χ4v) is 4.97. The lowest BCUT2D eigenvalue weighted by Crippen LogP contribution is -2.22. The smallest absolute Gasteiger partial charge is 0.302 e. The molecular weight excluding hydrogens is 433 g/mol. The van der Waals surface area contributed by atoms with Gasteiger partial charge in [-0.1, -0.05) is 18.2 Å². The van der Waals surface area contributed by atoms with Crippen molar-refractivity contribution in [1.29, 1.82) is 0 Å². The van der Waals surface area contributed by atoms with Crippen molar-refractivity contribution >= 4 is 43.5 Å². The number of halogens is 3. The maximum Gasteiger partial charge on any atom is 0.403 e. The summed E-state index contributed by atoms with van der Waals surface area (Å²) in [5, 5.41) is 6.83. The van der Waals surface area contributed by atoms with Crippen molar-refractivity contribution in [2.45, 2.75) is 17.5 Å². The molecule has 0 fully saturated rings. The first kappa shape index (κ1) is 20.5. The third-order valence-corrected chi connectivity index (χ3v) is 6.87. The van der Waals surface area contributed by atoms with E-state index in [0.29, 0.717) is 10.7 Å². The lowest BCUT2D eigenvalue weighted by Gasteiger charge is -2.08. The van der Waals surface area contributed by atoms with Crippen LogP contribution in [0.1, 0.15) is 5.56 Å². The molecule has 0 spiro atoms. The first-order valence-corrected chi connectivity index (χ1v) is 11.2. The summed E-state index contributed by atoms with van der Waals surface area (Å²) >= 11 is 2.80. The minimum Gasteiger partial charge on any atom is -0.302 e. The highest BCUT2D eigenvalue weighted by Gasteiger charge is 2.35. The van der Waals surface area contributed by atoms with Crippen molar-refractivity contribution in [3.05, 3.63) is 52.7 Å². The molecule has 3 rings (SSSR count). The molecule has 1 N–H and O–H groups in total. The fourth-order valence-electron chi connectivity index (χ4n) is 2.33. The molecule has 1 aromatic carbocycles. The lowest BCUT2D eigenvalue weighted by atomic mass is 10.1. The molecule has 148 valence electrons. The van der Waals surface area contributed by atoms with E-state index in [1.54, 1.807) is 0 Å². The van der Waals surface area contributed by atoms with Gasteiger partial charge in [-0.05, 0) is 29.1 Å². The highest BCUT2D eigenvalue weighted by molar-refractivity contribution is 7.91. The average molecular weight is 446 g/mol. The Bertz CT molecular complexity index is 1060. The summed E-state index contributed by atoms with van der Waals surface area (Å²) in [5.74, 6) is -2.28. The molecule has 11 heteroatoms. The number of anilines is 1. The van der Waals surface area contributed by atoms with Crippen LogP contribution in [0, 0.1) is 0 Å². The number of carbonyl (C=O) groups is 1. The molecule has 5 nitrogen and oxygen atoms in total. The van der Waals surface area contributed by atoms with Crippen molar-refractivity contribution in [2.24, 2.45) is 0 Å². The van der Waals surface area contributed by atoms with Gasteiger partial charge in [-0.3, -0.25) is 4.79 Å².